The molecule has 1 fully saturated rings. The van der Waals surface area contributed by atoms with Gasteiger partial charge in [-0.1, -0.05) is 19.9 Å². The van der Waals surface area contributed by atoms with Gasteiger partial charge in [0.2, 0.25) is 5.89 Å². The topological polar surface area (TPSA) is 97.8 Å². The molecule has 0 amide bonds. The first kappa shape index (κ1) is 23.7. The molecule has 2 aliphatic rings. The molecule has 0 unspecified atom stereocenters. The summed E-state index contributed by atoms with van der Waals surface area (Å²) < 4.78 is 60.0. The third kappa shape index (κ3) is 3.26. The molecular formula is C26H21F4N5O2. The van der Waals surface area contributed by atoms with E-state index in [1.54, 1.807) is 12.3 Å². The van der Waals surface area contributed by atoms with Crippen LogP contribution in [0.15, 0.2) is 47.3 Å². The van der Waals surface area contributed by atoms with Crippen molar-refractivity contribution in [1.82, 2.24) is 25.1 Å². The minimum Gasteiger partial charge on any atom is -0.443 e. The van der Waals surface area contributed by atoms with E-state index in [2.05, 4.69) is 34.0 Å². The van der Waals surface area contributed by atoms with Crippen molar-refractivity contribution in [2.24, 2.45) is 5.41 Å². The van der Waals surface area contributed by atoms with Crippen LogP contribution in [-0.4, -0.2) is 36.7 Å². The Labute approximate surface area is 208 Å². The Kier molecular flexibility index (Phi) is 5.20. The lowest BCUT2D eigenvalue weighted by molar-refractivity contribution is -0.00824. The highest BCUT2D eigenvalue weighted by Crippen LogP contribution is 2.69. The number of rotatable bonds is 5. The molecule has 7 nitrogen and oxygen atoms in total. The van der Waals surface area contributed by atoms with Crippen LogP contribution in [0.25, 0.3) is 22.8 Å². The van der Waals surface area contributed by atoms with Crippen molar-refractivity contribution in [3.05, 3.63) is 77.2 Å². The van der Waals surface area contributed by atoms with Crippen molar-refractivity contribution in [3.63, 3.8) is 0 Å². The number of hydrogen-bond acceptors (Lipinski definition) is 7. The molecular weight excluding hydrogens is 490 g/mol. The number of alkyl halides is 2. The maximum Gasteiger partial charge on any atom is 0.269 e. The monoisotopic (exact) mass is 511 g/mol. The van der Waals surface area contributed by atoms with Crippen molar-refractivity contribution in [2.75, 3.05) is 0 Å². The number of oxazole rings is 1. The number of aromatic nitrogens is 5. The van der Waals surface area contributed by atoms with Gasteiger partial charge in [-0.3, -0.25) is 4.98 Å². The van der Waals surface area contributed by atoms with Gasteiger partial charge < -0.3 is 9.52 Å². The Hall–Kier alpha value is -3.73. The van der Waals surface area contributed by atoms with Crippen molar-refractivity contribution in [2.45, 2.75) is 50.6 Å². The Morgan fingerprint density at radius 3 is 2.54 bits per heavy atom. The van der Waals surface area contributed by atoms with E-state index in [-0.39, 0.29) is 34.5 Å². The molecule has 2 aliphatic carbocycles. The van der Waals surface area contributed by atoms with E-state index >= 15 is 0 Å². The molecule has 0 radical (unpaired) electrons. The number of aliphatic hydroxyl groups is 1. The van der Waals surface area contributed by atoms with Crippen LogP contribution in [-0.2, 0) is 5.41 Å². The van der Waals surface area contributed by atoms with Gasteiger partial charge in [-0.25, -0.2) is 27.5 Å². The zero-order valence-corrected chi connectivity index (χ0v) is 19.8. The summed E-state index contributed by atoms with van der Waals surface area (Å²) in [5, 5.41) is 18.3. The van der Waals surface area contributed by atoms with E-state index in [4.69, 9.17) is 9.40 Å². The molecule has 2 bridgehead atoms. The molecule has 1 saturated carbocycles. The van der Waals surface area contributed by atoms with E-state index in [1.165, 1.54) is 24.4 Å². The zero-order valence-electron chi connectivity index (χ0n) is 19.8. The smallest absolute Gasteiger partial charge is 0.269 e. The predicted molar refractivity (Wildman–Crippen MR) is 122 cm³/mol. The molecule has 4 aromatic rings. The molecule has 6 rings (SSSR count). The summed E-state index contributed by atoms with van der Waals surface area (Å²) >= 11 is 0. The summed E-state index contributed by atoms with van der Waals surface area (Å²) in [6.07, 6.45) is 0.379. The normalized spacial score (nSPS) is 22.4. The maximum absolute atomic E-state index is 14.5. The highest BCUT2D eigenvalue weighted by Gasteiger charge is 2.65. The van der Waals surface area contributed by atoms with Crippen LogP contribution in [0.3, 0.4) is 0 Å². The molecule has 190 valence electrons. The van der Waals surface area contributed by atoms with E-state index in [1.807, 2.05) is 0 Å². The SMILES string of the molecule is CC1(C)[C@H]2CC[C@@]1(c1cncc(-c3nc([C@@H](O)C(F)F)co3)n1)c1nnc(-c3c(F)cccc3F)cc12. The van der Waals surface area contributed by atoms with Gasteiger partial charge in [0.15, 0.2) is 6.10 Å². The quantitative estimate of drug-likeness (QED) is 0.360. The van der Waals surface area contributed by atoms with Crippen LogP contribution in [0, 0.1) is 17.0 Å². The highest BCUT2D eigenvalue weighted by atomic mass is 19.3. The second-order valence-corrected chi connectivity index (χ2v) is 9.99. The number of nitrogens with zero attached hydrogens (tertiary/aromatic N) is 5. The molecule has 1 N–H and O–H groups in total. The molecule has 0 saturated heterocycles. The number of halogens is 4. The standard InChI is InChI=1S/C26H21F4N5O2/c1-25(2)13-6-7-26(25,22-12(13)8-16(34-35-22)20-14(27)4-3-5-15(20)28)19-10-31-9-17(32-19)24-33-18(11-37-24)21(36)23(29)30/h3-5,8-11,13,21,23,36H,6-7H2,1-2H3/t13-,21+,26+/m0/s1. The highest BCUT2D eigenvalue weighted by molar-refractivity contribution is 5.64. The van der Waals surface area contributed by atoms with Crippen LogP contribution in [0.4, 0.5) is 17.6 Å². The summed E-state index contributed by atoms with van der Waals surface area (Å²) in [4.78, 5) is 13.0. The van der Waals surface area contributed by atoms with Gasteiger partial charge in [-0.05, 0) is 47.9 Å². The fourth-order valence-electron chi connectivity index (χ4n) is 6.10. The second-order valence-electron chi connectivity index (χ2n) is 9.99. The Morgan fingerprint density at radius 2 is 1.81 bits per heavy atom. The lowest BCUT2D eigenvalue weighted by atomic mass is 9.66. The van der Waals surface area contributed by atoms with Crippen LogP contribution < -0.4 is 0 Å². The summed E-state index contributed by atoms with van der Waals surface area (Å²) in [5.74, 6) is -1.45. The molecule has 1 aromatic carbocycles. The van der Waals surface area contributed by atoms with Gasteiger partial charge in [-0.15, -0.1) is 5.10 Å². The number of aliphatic hydroxyl groups excluding tert-OH is 1. The van der Waals surface area contributed by atoms with Crippen LogP contribution in [0.1, 0.15) is 61.4 Å². The third-order valence-electron chi connectivity index (χ3n) is 7.96. The molecule has 11 heteroatoms. The van der Waals surface area contributed by atoms with Gasteiger partial charge in [0.05, 0.1) is 34.3 Å². The maximum atomic E-state index is 14.5. The van der Waals surface area contributed by atoms with Gasteiger partial charge in [0.25, 0.3) is 6.43 Å². The Balaban J connectivity index is 1.46. The van der Waals surface area contributed by atoms with E-state index in [9.17, 15) is 22.7 Å². The van der Waals surface area contributed by atoms with Crippen molar-refractivity contribution < 1.29 is 27.1 Å². The van der Waals surface area contributed by atoms with E-state index in [0.29, 0.717) is 17.8 Å². The summed E-state index contributed by atoms with van der Waals surface area (Å²) in [5.41, 5.74) is 0.815. The molecule has 3 heterocycles. The first-order valence-electron chi connectivity index (χ1n) is 11.7. The third-order valence-corrected chi connectivity index (χ3v) is 7.96. The van der Waals surface area contributed by atoms with Crippen molar-refractivity contribution in [1.29, 1.82) is 0 Å². The zero-order chi connectivity index (χ0) is 26.1. The van der Waals surface area contributed by atoms with Gasteiger partial charge in [0, 0.05) is 6.20 Å². The van der Waals surface area contributed by atoms with Crippen molar-refractivity contribution >= 4 is 0 Å². The molecule has 3 atom stereocenters. The second kappa shape index (κ2) is 8.14. The lowest BCUT2D eigenvalue weighted by Gasteiger charge is -2.37. The molecule has 0 aliphatic heterocycles. The van der Waals surface area contributed by atoms with Crippen LogP contribution in [0.5, 0.6) is 0 Å². The van der Waals surface area contributed by atoms with Crippen LogP contribution >= 0.6 is 0 Å². The Morgan fingerprint density at radius 1 is 1.05 bits per heavy atom. The summed E-state index contributed by atoms with van der Waals surface area (Å²) in [6, 6.07) is 5.37. The number of hydrogen-bond donors (Lipinski definition) is 1. The largest absolute Gasteiger partial charge is 0.443 e. The number of benzene rings is 1. The summed E-state index contributed by atoms with van der Waals surface area (Å²) in [7, 11) is 0. The van der Waals surface area contributed by atoms with Crippen molar-refractivity contribution in [3.8, 4) is 22.8 Å². The Bertz CT molecular complexity index is 1500. The average molecular weight is 511 g/mol. The minimum absolute atomic E-state index is 0.0339. The molecule has 37 heavy (non-hydrogen) atoms. The van der Waals surface area contributed by atoms with Gasteiger partial charge in [0.1, 0.15) is 29.3 Å². The fourth-order valence-corrected chi connectivity index (χ4v) is 6.10. The fraction of sp³-hybridized carbons (Fsp3) is 0.346. The molecule has 0 spiro atoms. The first-order valence-corrected chi connectivity index (χ1v) is 11.7. The first-order chi connectivity index (χ1) is 17.6. The lowest BCUT2D eigenvalue weighted by Crippen LogP contribution is -2.38. The summed E-state index contributed by atoms with van der Waals surface area (Å²) in [6.45, 7) is 4.18. The van der Waals surface area contributed by atoms with Gasteiger partial charge >= 0.3 is 0 Å². The van der Waals surface area contributed by atoms with E-state index in [0.717, 1.165) is 18.2 Å². The predicted octanol–water partition coefficient (Wildman–Crippen LogP) is 5.37. The van der Waals surface area contributed by atoms with Crippen LogP contribution in [0.2, 0.25) is 0 Å². The van der Waals surface area contributed by atoms with Gasteiger partial charge in [-0.2, -0.15) is 5.10 Å². The van der Waals surface area contributed by atoms with E-state index < -0.39 is 35.0 Å². The minimum atomic E-state index is -3.01. The number of fused-ring (bicyclic) bond motifs is 5. The average Bonchev–Trinajstić information content (AvgIpc) is 3.52. The molecule has 3 aromatic heterocycles.